The van der Waals surface area contributed by atoms with Crippen molar-refractivity contribution in [3.8, 4) is 0 Å². The SMILES string of the molecule is C.C=CC.CC.CC(C)CC=O.CCCCC(C1=Cc2cccnc2[C@@H](N2CCN(C)CC2)c2ccc(C)cc21)c1cncn1C. The molecular weight excluding hydrogens is 566 g/mol. The van der Waals surface area contributed by atoms with Crippen LogP contribution in [0.1, 0.15) is 120 Å². The van der Waals surface area contributed by atoms with Crippen LogP contribution < -0.4 is 0 Å². The van der Waals surface area contributed by atoms with E-state index in [4.69, 9.17) is 4.98 Å². The van der Waals surface area contributed by atoms with Gasteiger partial charge in [0.15, 0.2) is 0 Å². The molecule has 0 bridgehead atoms. The predicted molar refractivity (Wildman–Crippen MR) is 199 cm³/mol. The van der Waals surface area contributed by atoms with Crippen LogP contribution in [0.15, 0.2) is 61.7 Å². The van der Waals surface area contributed by atoms with Gasteiger partial charge in [-0.05, 0) is 67.6 Å². The topological polar surface area (TPSA) is 54.3 Å². The molecule has 2 aromatic heterocycles. The highest BCUT2D eigenvalue weighted by atomic mass is 16.1. The predicted octanol–water partition coefficient (Wildman–Crippen LogP) is 9.37. The van der Waals surface area contributed by atoms with Gasteiger partial charge in [0, 0.05) is 63.7 Å². The summed E-state index contributed by atoms with van der Waals surface area (Å²) in [6, 6.07) is 11.6. The van der Waals surface area contributed by atoms with Gasteiger partial charge < -0.3 is 14.3 Å². The average molecular weight is 630 g/mol. The Labute approximate surface area is 281 Å². The molecule has 6 heteroatoms. The van der Waals surface area contributed by atoms with Gasteiger partial charge >= 0.3 is 0 Å². The van der Waals surface area contributed by atoms with Crippen molar-refractivity contribution in [1.29, 1.82) is 0 Å². The number of hydrogen-bond donors (Lipinski definition) is 0. The van der Waals surface area contributed by atoms with Crippen molar-refractivity contribution in [2.24, 2.45) is 13.0 Å². The molecule has 2 aliphatic rings. The highest BCUT2D eigenvalue weighted by molar-refractivity contribution is 5.89. The number of carbonyl (C=O) groups is 1. The zero-order valence-corrected chi connectivity index (χ0v) is 29.6. The van der Waals surface area contributed by atoms with Crippen LogP contribution in [-0.4, -0.2) is 63.8 Å². The number of aldehydes is 1. The van der Waals surface area contributed by atoms with Gasteiger partial charge in [0.05, 0.1) is 18.1 Å². The van der Waals surface area contributed by atoms with Crippen LogP contribution in [0.5, 0.6) is 0 Å². The molecule has 0 saturated carbocycles. The molecule has 0 radical (unpaired) electrons. The maximum absolute atomic E-state index is 9.62. The quantitative estimate of drug-likeness (QED) is 0.184. The monoisotopic (exact) mass is 630 g/mol. The maximum atomic E-state index is 9.62. The summed E-state index contributed by atoms with van der Waals surface area (Å²) >= 11 is 0. The van der Waals surface area contributed by atoms with Crippen molar-refractivity contribution in [2.45, 2.75) is 93.5 Å². The zero-order chi connectivity index (χ0) is 33.4. The van der Waals surface area contributed by atoms with Gasteiger partial charge in [-0.3, -0.25) is 9.88 Å². The fourth-order valence-corrected chi connectivity index (χ4v) is 5.84. The first-order chi connectivity index (χ1) is 21.7. The number of imidazole rings is 1. The number of benzene rings is 1. The van der Waals surface area contributed by atoms with Crippen LogP contribution in [-0.2, 0) is 11.8 Å². The number of carbonyl (C=O) groups excluding carboxylic acids is 1. The van der Waals surface area contributed by atoms with Crippen molar-refractivity contribution in [3.63, 3.8) is 0 Å². The lowest BCUT2D eigenvalue weighted by Gasteiger charge is -2.38. The highest BCUT2D eigenvalue weighted by Crippen LogP contribution is 2.45. The van der Waals surface area contributed by atoms with E-state index in [-0.39, 0.29) is 13.5 Å². The highest BCUT2D eigenvalue weighted by Gasteiger charge is 2.34. The van der Waals surface area contributed by atoms with Gasteiger partial charge in [-0.1, -0.05) is 90.8 Å². The number of aromatic nitrogens is 3. The minimum Gasteiger partial charge on any atom is -0.337 e. The molecule has 2 atom stereocenters. The number of unbranched alkanes of at least 4 members (excludes halogenated alkanes) is 1. The van der Waals surface area contributed by atoms with Crippen LogP contribution in [0.2, 0.25) is 0 Å². The molecule has 46 heavy (non-hydrogen) atoms. The third kappa shape index (κ3) is 11.2. The molecule has 3 aromatic rings. The second kappa shape index (κ2) is 21.4. The third-order valence-electron chi connectivity index (χ3n) is 8.16. The second-order valence-electron chi connectivity index (χ2n) is 12.2. The number of aryl methyl sites for hydroxylation is 2. The van der Waals surface area contributed by atoms with Crippen LogP contribution in [0.3, 0.4) is 0 Å². The van der Waals surface area contributed by atoms with Crippen molar-refractivity contribution < 1.29 is 4.79 Å². The van der Waals surface area contributed by atoms with Crippen LogP contribution in [0, 0.1) is 12.8 Å². The standard InChI is InChI=1S/C29H37N5.C5H10O.C3H6.C2H6.CH4/c1-5-6-9-23(27-19-30-20-33(27)4)26-18-22-8-7-12-31-28(22)29(34-15-13-32(3)14-16-34)24-11-10-21(2)17-25(24)26;1-5(2)3-4-6;1-3-2;1-2;/h7-8,10-12,17-20,23,29H,5-6,9,13-16H2,1-4H3;4-5H,3H2,1-2H3;3H,1H2,2H3;1-2H3;1H4/t23?,29-;;;;/m0..../s1. The second-order valence-corrected chi connectivity index (χ2v) is 12.2. The van der Waals surface area contributed by atoms with Crippen molar-refractivity contribution >= 4 is 17.9 Å². The Morgan fingerprint density at radius 2 is 1.76 bits per heavy atom. The molecule has 1 aromatic carbocycles. The van der Waals surface area contributed by atoms with E-state index in [1.807, 2.05) is 47.1 Å². The summed E-state index contributed by atoms with van der Waals surface area (Å²) in [5.41, 5.74) is 9.20. The lowest BCUT2D eigenvalue weighted by molar-refractivity contribution is -0.108. The first kappa shape index (κ1) is 40.7. The molecule has 1 aliphatic heterocycles. The van der Waals surface area contributed by atoms with Gasteiger partial charge in [-0.25, -0.2) is 4.98 Å². The molecule has 254 valence electrons. The Morgan fingerprint density at radius 3 is 2.30 bits per heavy atom. The number of allylic oxidation sites excluding steroid dienone is 2. The summed E-state index contributed by atoms with van der Waals surface area (Å²) in [4.78, 5) is 24.2. The van der Waals surface area contributed by atoms with Crippen molar-refractivity contribution in [1.82, 2.24) is 24.3 Å². The largest absolute Gasteiger partial charge is 0.337 e. The normalized spacial score (nSPS) is 16.2. The number of piperazine rings is 1. The van der Waals surface area contributed by atoms with Gasteiger partial charge in [-0.15, -0.1) is 6.58 Å². The molecule has 1 aliphatic carbocycles. The van der Waals surface area contributed by atoms with Gasteiger partial charge in [0.25, 0.3) is 0 Å². The van der Waals surface area contributed by atoms with Gasteiger partial charge in [-0.2, -0.15) is 0 Å². The number of pyridine rings is 1. The number of hydrogen-bond acceptors (Lipinski definition) is 5. The lowest BCUT2D eigenvalue weighted by atomic mass is 9.82. The first-order valence-corrected chi connectivity index (χ1v) is 16.9. The smallest absolute Gasteiger partial charge is 0.120 e. The summed E-state index contributed by atoms with van der Waals surface area (Å²) in [5, 5.41) is 0. The Bertz CT molecular complexity index is 1330. The van der Waals surface area contributed by atoms with E-state index in [9.17, 15) is 4.79 Å². The van der Waals surface area contributed by atoms with Gasteiger partial charge in [0.1, 0.15) is 6.29 Å². The van der Waals surface area contributed by atoms with Crippen LogP contribution in [0.25, 0.3) is 11.6 Å². The molecule has 5 rings (SSSR count). The molecule has 1 saturated heterocycles. The fourth-order valence-electron chi connectivity index (χ4n) is 5.84. The minimum atomic E-state index is 0. The summed E-state index contributed by atoms with van der Waals surface area (Å²) in [7, 11) is 4.35. The van der Waals surface area contributed by atoms with Gasteiger partial charge in [0.2, 0.25) is 0 Å². The van der Waals surface area contributed by atoms with E-state index in [1.165, 1.54) is 52.1 Å². The van der Waals surface area contributed by atoms with Crippen LogP contribution in [0.4, 0.5) is 0 Å². The summed E-state index contributed by atoms with van der Waals surface area (Å²) in [6.45, 7) is 22.1. The lowest BCUT2D eigenvalue weighted by Crippen LogP contribution is -2.46. The fraction of sp³-hybridized carbons (Fsp3) is 0.525. The van der Waals surface area contributed by atoms with E-state index < -0.39 is 0 Å². The number of fused-ring (bicyclic) bond motifs is 2. The van der Waals surface area contributed by atoms with E-state index >= 15 is 0 Å². The zero-order valence-electron chi connectivity index (χ0n) is 29.6. The van der Waals surface area contributed by atoms with Crippen molar-refractivity contribution in [3.05, 3.63) is 95.3 Å². The Balaban J connectivity index is 0.000000773. The molecule has 0 amide bonds. The average Bonchev–Trinajstić information content (AvgIpc) is 3.40. The summed E-state index contributed by atoms with van der Waals surface area (Å²) < 4.78 is 2.20. The molecule has 6 nitrogen and oxygen atoms in total. The minimum absolute atomic E-state index is 0. The number of nitrogens with zero attached hydrogens (tertiary/aromatic N) is 5. The molecule has 1 unspecified atom stereocenters. The molecule has 1 fully saturated rings. The molecule has 3 heterocycles. The Morgan fingerprint density at radius 1 is 1.09 bits per heavy atom. The number of rotatable bonds is 8. The Hall–Kier alpha value is -3.35. The maximum Gasteiger partial charge on any atom is 0.120 e. The van der Waals surface area contributed by atoms with Crippen molar-refractivity contribution in [2.75, 3.05) is 33.2 Å². The first-order valence-electron chi connectivity index (χ1n) is 16.9. The Kier molecular flexibility index (Phi) is 19.0. The third-order valence-corrected chi connectivity index (χ3v) is 8.16. The van der Waals surface area contributed by atoms with E-state index in [1.54, 1.807) is 6.08 Å². The van der Waals surface area contributed by atoms with E-state index in [2.05, 4.69) is 96.5 Å². The molecule has 0 N–H and O–H groups in total. The summed E-state index contributed by atoms with van der Waals surface area (Å²) in [5.74, 6) is 0.829. The number of likely N-dealkylation sites (N-methyl/N-ethyl adjacent to an activating group) is 1. The molecular formula is C40H63N5O. The van der Waals surface area contributed by atoms with Crippen LogP contribution >= 0.6 is 0 Å². The summed E-state index contributed by atoms with van der Waals surface area (Å²) in [6.07, 6.45) is 15.3. The van der Waals surface area contributed by atoms with E-state index in [0.717, 1.165) is 38.9 Å². The molecule has 0 spiro atoms. The van der Waals surface area contributed by atoms with E-state index in [0.29, 0.717) is 18.3 Å².